The van der Waals surface area contributed by atoms with Crippen molar-refractivity contribution in [3.05, 3.63) is 35.9 Å². The molecule has 0 aromatic heterocycles. The molecule has 0 bridgehead atoms. The number of carbonyl (C=O) groups excluding carboxylic acids is 5. The number of ketones is 1. The summed E-state index contributed by atoms with van der Waals surface area (Å²) in [5.41, 5.74) is -0.138. The van der Waals surface area contributed by atoms with Crippen LogP contribution in [0.1, 0.15) is 73.3 Å². The average Bonchev–Trinajstić information content (AvgIpc) is 3.69. The zero-order valence-electron chi connectivity index (χ0n) is 27.5. The van der Waals surface area contributed by atoms with Gasteiger partial charge in [-0.1, -0.05) is 58.0 Å². The number of phosphoric ester groups is 1. The first kappa shape index (κ1) is 39.0. The topological polar surface area (TPSA) is 218 Å². The molecular weight excluding hydrogens is 619 g/mol. The molecule has 0 spiro atoms. The summed E-state index contributed by atoms with van der Waals surface area (Å²) in [5.74, 6) is -3.47. The van der Waals surface area contributed by atoms with E-state index in [-0.39, 0.29) is 37.7 Å². The monoisotopic (exact) mass is 666 g/mol. The van der Waals surface area contributed by atoms with Crippen LogP contribution in [0.2, 0.25) is 0 Å². The maximum absolute atomic E-state index is 13.6. The third kappa shape index (κ3) is 13.3. The van der Waals surface area contributed by atoms with Gasteiger partial charge in [-0.05, 0) is 56.9 Å². The van der Waals surface area contributed by atoms with Crippen molar-refractivity contribution in [3.63, 3.8) is 0 Å². The van der Waals surface area contributed by atoms with Gasteiger partial charge in [0.05, 0.1) is 26.6 Å². The van der Waals surface area contributed by atoms with Crippen LogP contribution in [0.5, 0.6) is 0 Å². The van der Waals surface area contributed by atoms with Gasteiger partial charge in [-0.3, -0.25) is 24.0 Å². The molecule has 14 nitrogen and oxygen atoms in total. The minimum atomic E-state index is -5.61. The Labute approximate surface area is 270 Å². The second-order valence-corrected chi connectivity index (χ2v) is 13.9. The third-order valence-corrected chi connectivity index (χ3v) is 7.97. The van der Waals surface area contributed by atoms with Gasteiger partial charge in [-0.25, -0.2) is 0 Å². The van der Waals surface area contributed by atoms with Crippen LogP contribution in [0.3, 0.4) is 0 Å². The molecule has 6 atom stereocenters. The Kier molecular flexibility index (Phi) is 14.5. The highest BCUT2D eigenvalue weighted by atomic mass is 31.2. The second-order valence-electron chi connectivity index (χ2n) is 12.8. The van der Waals surface area contributed by atoms with Crippen LogP contribution in [-0.2, 0) is 44.2 Å². The van der Waals surface area contributed by atoms with Crippen LogP contribution in [-0.4, -0.2) is 71.9 Å². The van der Waals surface area contributed by atoms with Gasteiger partial charge in [-0.2, -0.15) is 0 Å². The minimum Gasteiger partial charge on any atom is -0.790 e. The van der Waals surface area contributed by atoms with Crippen LogP contribution in [0.25, 0.3) is 0 Å². The van der Waals surface area contributed by atoms with E-state index in [1.165, 1.54) is 6.92 Å². The number of hydrogen-bond donors (Lipinski definition) is 4. The lowest BCUT2D eigenvalue weighted by atomic mass is 9.93. The van der Waals surface area contributed by atoms with Crippen molar-refractivity contribution in [1.82, 2.24) is 21.3 Å². The summed E-state index contributed by atoms with van der Waals surface area (Å²) < 4.78 is 21.3. The molecule has 258 valence electrons. The molecule has 1 heterocycles. The number of amides is 4. The van der Waals surface area contributed by atoms with Crippen molar-refractivity contribution in [2.45, 2.75) is 110 Å². The molecule has 1 aliphatic heterocycles. The Balaban J connectivity index is 2.30. The SMILES string of the molecule is CC(=O)N[C@@H](CCc1ccccc1)C(=O)N[C@@H](CC(C)C)C(=O)N[C@H](C(=O)N[C@@H](CC(C)C)C(=O)[C@@]1(C)CO1)[C@@H](C)OP(=O)([O-])[O-]. The van der Waals surface area contributed by atoms with Crippen molar-refractivity contribution >= 4 is 37.2 Å². The molecule has 15 heteroatoms. The van der Waals surface area contributed by atoms with E-state index in [1.54, 1.807) is 20.8 Å². The number of nitrogens with one attached hydrogen (secondary N) is 4. The predicted octanol–water partition coefficient (Wildman–Crippen LogP) is 0.262. The minimum absolute atomic E-state index is 0.0362. The lowest BCUT2D eigenvalue weighted by Gasteiger charge is -2.36. The quantitative estimate of drug-likeness (QED) is 0.117. The van der Waals surface area contributed by atoms with Gasteiger partial charge in [0.2, 0.25) is 23.6 Å². The van der Waals surface area contributed by atoms with Gasteiger partial charge in [-0.15, -0.1) is 0 Å². The summed E-state index contributed by atoms with van der Waals surface area (Å²) in [7, 11) is -5.61. The maximum Gasteiger partial charge on any atom is 0.245 e. The van der Waals surface area contributed by atoms with Gasteiger partial charge >= 0.3 is 0 Å². The summed E-state index contributed by atoms with van der Waals surface area (Å²) in [6, 6.07) is 4.33. The first-order chi connectivity index (χ1) is 21.3. The number of benzene rings is 1. The fourth-order valence-corrected chi connectivity index (χ4v) is 5.47. The van der Waals surface area contributed by atoms with Crippen LogP contribution in [0.15, 0.2) is 30.3 Å². The van der Waals surface area contributed by atoms with Crippen molar-refractivity contribution in [3.8, 4) is 0 Å². The molecule has 0 saturated carbocycles. The fraction of sp³-hybridized carbons (Fsp3) is 0.645. The molecule has 4 N–H and O–H groups in total. The zero-order chi connectivity index (χ0) is 34.8. The Morgan fingerprint density at radius 2 is 1.37 bits per heavy atom. The number of Topliss-reactive ketones (excluding diaryl/α,β-unsaturated/α-hetero) is 1. The molecule has 1 saturated heterocycles. The first-order valence-electron chi connectivity index (χ1n) is 15.4. The van der Waals surface area contributed by atoms with Gasteiger partial charge in [0, 0.05) is 6.92 Å². The molecule has 1 fully saturated rings. The van der Waals surface area contributed by atoms with Crippen LogP contribution >= 0.6 is 7.82 Å². The fourth-order valence-electron chi connectivity index (χ4n) is 4.94. The Hall–Kier alpha value is -3.16. The van der Waals surface area contributed by atoms with E-state index in [4.69, 9.17) is 4.74 Å². The van der Waals surface area contributed by atoms with E-state index < -0.39 is 73.1 Å². The molecule has 46 heavy (non-hydrogen) atoms. The second kappa shape index (κ2) is 17.1. The number of epoxide rings is 1. The molecule has 0 aliphatic carbocycles. The lowest BCUT2D eigenvalue weighted by Crippen LogP contribution is -2.61. The first-order valence-corrected chi connectivity index (χ1v) is 16.9. The van der Waals surface area contributed by atoms with Crippen molar-refractivity contribution in [2.75, 3.05) is 6.61 Å². The average molecular weight is 667 g/mol. The Bertz CT molecular complexity index is 1270. The van der Waals surface area contributed by atoms with Gasteiger partial charge in [0.25, 0.3) is 0 Å². The van der Waals surface area contributed by atoms with E-state index >= 15 is 0 Å². The standard InChI is InChI=1S/C31H49N4O10P/c1-18(2)15-24(27(37)31(7)17-44-31)33-30(40)26(20(5)45-46(41,42)43)35-29(39)25(16-19(3)4)34-28(38)23(32-21(6)36)14-13-22-11-9-8-10-12-22/h8-12,18-20,23-26H,13-17H2,1-7H3,(H,32,36)(H,33,40)(H,34,38)(H,35,39)(H2,41,42,43)/p-2/t20-,23+,24+,25+,26+,31-/m1/s1. The summed E-state index contributed by atoms with van der Waals surface area (Å²) in [5, 5.41) is 10.2. The summed E-state index contributed by atoms with van der Waals surface area (Å²) in [4.78, 5) is 88.5. The number of hydrogen-bond acceptors (Lipinski definition) is 10. The normalized spacial score (nSPS) is 19.4. The Morgan fingerprint density at radius 3 is 1.87 bits per heavy atom. The van der Waals surface area contributed by atoms with Gasteiger partial charge in [0.15, 0.2) is 5.78 Å². The van der Waals surface area contributed by atoms with Crippen molar-refractivity contribution in [1.29, 1.82) is 0 Å². The summed E-state index contributed by atoms with van der Waals surface area (Å²) in [6.45, 7) is 11.4. The molecule has 0 unspecified atom stereocenters. The zero-order valence-corrected chi connectivity index (χ0v) is 28.4. The van der Waals surface area contributed by atoms with E-state index in [1.807, 2.05) is 44.2 Å². The summed E-state index contributed by atoms with van der Waals surface area (Å²) >= 11 is 0. The highest BCUT2D eigenvalue weighted by Crippen LogP contribution is 2.30. The van der Waals surface area contributed by atoms with Gasteiger partial charge < -0.3 is 44.9 Å². The van der Waals surface area contributed by atoms with Crippen LogP contribution in [0.4, 0.5) is 0 Å². The number of aryl methyl sites for hydroxylation is 1. The van der Waals surface area contributed by atoms with E-state index in [0.29, 0.717) is 6.42 Å². The number of rotatable bonds is 19. The number of phosphoric acid groups is 1. The lowest BCUT2D eigenvalue weighted by molar-refractivity contribution is -0.344. The molecule has 1 aromatic carbocycles. The van der Waals surface area contributed by atoms with E-state index in [2.05, 4.69) is 25.8 Å². The Morgan fingerprint density at radius 1 is 0.848 bits per heavy atom. The van der Waals surface area contributed by atoms with E-state index in [0.717, 1.165) is 12.5 Å². The molecule has 1 aromatic rings. The summed E-state index contributed by atoms with van der Waals surface area (Å²) in [6.07, 6.45) is -0.640. The van der Waals surface area contributed by atoms with Gasteiger partial charge in [0.1, 0.15) is 23.7 Å². The molecular formula is C31H47N4O10P-2. The highest BCUT2D eigenvalue weighted by Gasteiger charge is 2.50. The largest absolute Gasteiger partial charge is 0.790 e. The van der Waals surface area contributed by atoms with Crippen LogP contribution in [0, 0.1) is 11.8 Å². The molecule has 1 aliphatic rings. The maximum atomic E-state index is 13.6. The number of carbonyl (C=O) groups is 5. The molecule has 2 rings (SSSR count). The smallest absolute Gasteiger partial charge is 0.245 e. The number of ether oxygens (including phenoxy) is 1. The third-order valence-electron chi connectivity index (χ3n) is 7.38. The van der Waals surface area contributed by atoms with Crippen LogP contribution < -0.4 is 31.1 Å². The molecule has 4 amide bonds. The van der Waals surface area contributed by atoms with E-state index in [9.17, 15) is 38.3 Å². The predicted molar refractivity (Wildman–Crippen MR) is 165 cm³/mol. The van der Waals surface area contributed by atoms with Crippen molar-refractivity contribution in [2.24, 2.45) is 11.8 Å². The highest BCUT2D eigenvalue weighted by molar-refractivity contribution is 7.43. The van der Waals surface area contributed by atoms with Crippen molar-refractivity contribution < 1.29 is 47.6 Å². The molecule has 0 radical (unpaired) electrons.